The fourth-order valence-corrected chi connectivity index (χ4v) is 3.42. The van der Waals surface area contributed by atoms with E-state index in [0.717, 1.165) is 30.9 Å². The van der Waals surface area contributed by atoms with Crippen molar-refractivity contribution in [2.45, 2.75) is 6.54 Å². The van der Waals surface area contributed by atoms with Gasteiger partial charge in [-0.15, -0.1) is 0 Å². The Hall–Kier alpha value is -1.95. The largest absolute Gasteiger partial charge is 0.496 e. The Balaban J connectivity index is 1.54. The van der Waals surface area contributed by atoms with E-state index in [1.54, 1.807) is 30.2 Å². The molecule has 1 heterocycles. The normalized spacial score (nSPS) is 15.0. The van der Waals surface area contributed by atoms with Gasteiger partial charge in [0, 0.05) is 43.3 Å². The smallest absolute Gasteiger partial charge is 0.321 e. The molecule has 3 rings (SSSR count). The Kier molecular flexibility index (Phi) is 6.25. The Labute approximate surface area is 163 Å². The van der Waals surface area contributed by atoms with E-state index < -0.39 is 0 Å². The van der Waals surface area contributed by atoms with Gasteiger partial charge in [0.1, 0.15) is 5.75 Å². The lowest BCUT2D eigenvalue weighted by Gasteiger charge is -2.35. The van der Waals surface area contributed by atoms with Crippen LogP contribution in [0.5, 0.6) is 5.75 Å². The van der Waals surface area contributed by atoms with Crippen LogP contribution < -0.4 is 10.1 Å². The fraction of sp³-hybridized carbons (Fsp3) is 0.316. The second-order valence-corrected chi connectivity index (χ2v) is 6.97. The van der Waals surface area contributed by atoms with Crippen LogP contribution in [0.2, 0.25) is 10.0 Å². The standard InChI is InChI=1S/C19H21Cl2N3O2/c1-26-18-5-3-2-4-14(18)13-23-8-10-24(11-9-23)19(25)22-17-7-6-15(20)12-16(17)21/h2-7,12H,8-11,13H2,1H3,(H,22,25). The summed E-state index contributed by atoms with van der Waals surface area (Å²) in [5, 5.41) is 3.82. The molecule has 0 aliphatic carbocycles. The lowest BCUT2D eigenvalue weighted by molar-refractivity contribution is 0.142. The van der Waals surface area contributed by atoms with E-state index >= 15 is 0 Å². The van der Waals surface area contributed by atoms with Crippen LogP contribution in [0.3, 0.4) is 0 Å². The van der Waals surface area contributed by atoms with E-state index in [0.29, 0.717) is 28.8 Å². The average Bonchev–Trinajstić information content (AvgIpc) is 2.65. The van der Waals surface area contributed by atoms with Gasteiger partial charge in [0.25, 0.3) is 0 Å². The molecule has 1 aliphatic heterocycles. The number of nitrogens with zero attached hydrogens (tertiary/aromatic N) is 2. The van der Waals surface area contributed by atoms with Crippen LogP contribution >= 0.6 is 23.2 Å². The molecule has 7 heteroatoms. The molecule has 1 N–H and O–H groups in total. The number of piperazine rings is 1. The van der Waals surface area contributed by atoms with Gasteiger partial charge in [0.2, 0.25) is 0 Å². The molecule has 2 aromatic carbocycles. The number of methoxy groups -OCH3 is 1. The van der Waals surface area contributed by atoms with Crippen molar-refractivity contribution < 1.29 is 9.53 Å². The van der Waals surface area contributed by atoms with Crippen molar-refractivity contribution in [3.63, 3.8) is 0 Å². The van der Waals surface area contributed by atoms with Gasteiger partial charge >= 0.3 is 6.03 Å². The molecule has 1 aliphatic rings. The van der Waals surface area contributed by atoms with Crippen LogP contribution in [-0.4, -0.2) is 49.1 Å². The van der Waals surface area contributed by atoms with E-state index in [-0.39, 0.29) is 6.03 Å². The Morgan fingerprint density at radius 1 is 1.12 bits per heavy atom. The van der Waals surface area contributed by atoms with Crippen LogP contribution in [-0.2, 0) is 6.54 Å². The summed E-state index contributed by atoms with van der Waals surface area (Å²) in [6, 6.07) is 12.9. The lowest BCUT2D eigenvalue weighted by Crippen LogP contribution is -2.49. The van der Waals surface area contributed by atoms with Gasteiger partial charge in [0.15, 0.2) is 0 Å². The van der Waals surface area contributed by atoms with Crippen molar-refractivity contribution in [2.75, 3.05) is 38.6 Å². The molecule has 26 heavy (non-hydrogen) atoms. The molecule has 0 spiro atoms. The number of nitrogens with one attached hydrogen (secondary N) is 1. The highest BCUT2D eigenvalue weighted by Crippen LogP contribution is 2.26. The number of carbonyl (C=O) groups is 1. The van der Waals surface area contributed by atoms with E-state index in [1.165, 1.54) is 0 Å². The second kappa shape index (κ2) is 8.62. The minimum absolute atomic E-state index is 0.147. The summed E-state index contributed by atoms with van der Waals surface area (Å²) in [5.74, 6) is 0.894. The summed E-state index contributed by atoms with van der Waals surface area (Å²) in [7, 11) is 1.68. The maximum absolute atomic E-state index is 12.5. The molecule has 0 unspecified atom stereocenters. The summed E-state index contributed by atoms with van der Waals surface area (Å²) in [6.45, 7) is 3.74. The number of amides is 2. The summed E-state index contributed by atoms with van der Waals surface area (Å²) in [6.07, 6.45) is 0. The van der Waals surface area contributed by atoms with E-state index in [9.17, 15) is 4.79 Å². The van der Waals surface area contributed by atoms with Gasteiger partial charge in [-0.2, -0.15) is 0 Å². The number of carbonyl (C=O) groups excluding carboxylic acids is 1. The number of urea groups is 1. The van der Waals surface area contributed by atoms with Gasteiger partial charge in [-0.1, -0.05) is 41.4 Å². The third kappa shape index (κ3) is 4.61. The zero-order chi connectivity index (χ0) is 18.5. The van der Waals surface area contributed by atoms with Crippen LogP contribution in [0, 0.1) is 0 Å². The number of anilines is 1. The second-order valence-electron chi connectivity index (χ2n) is 6.13. The third-order valence-electron chi connectivity index (χ3n) is 4.42. The molecule has 5 nitrogen and oxygen atoms in total. The number of ether oxygens (including phenoxy) is 1. The van der Waals surface area contributed by atoms with Crippen LogP contribution in [0.1, 0.15) is 5.56 Å². The maximum atomic E-state index is 12.5. The molecule has 2 amide bonds. The van der Waals surface area contributed by atoms with Gasteiger partial charge in [-0.05, 0) is 24.3 Å². The van der Waals surface area contributed by atoms with E-state index in [4.69, 9.17) is 27.9 Å². The highest BCUT2D eigenvalue weighted by Gasteiger charge is 2.22. The lowest BCUT2D eigenvalue weighted by atomic mass is 10.1. The molecule has 0 radical (unpaired) electrons. The molecular formula is C19H21Cl2N3O2. The van der Waals surface area contributed by atoms with Crippen molar-refractivity contribution in [1.82, 2.24) is 9.80 Å². The Morgan fingerprint density at radius 2 is 1.85 bits per heavy atom. The van der Waals surface area contributed by atoms with E-state index in [2.05, 4.69) is 16.3 Å². The summed E-state index contributed by atoms with van der Waals surface area (Å²) >= 11 is 12.0. The predicted octanol–water partition coefficient (Wildman–Crippen LogP) is 4.35. The molecule has 0 saturated carbocycles. The first kappa shape index (κ1) is 18.8. The number of benzene rings is 2. The van der Waals surface area contributed by atoms with Crippen molar-refractivity contribution in [3.8, 4) is 5.75 Å². The molecule has 2 aromatic rings. The van der Waals surface area contributed by atoms with Crippen LogP contribution in [0.4, 0.5) is 10.5 Å². The SMILES string of the molecule is COc1ccccc1CN1CCN(C(=O)Nc2ccc(Cl)cc2Cl)CC1. The van der Waals surface area contributed by atoms with Crippen LogP contribution in [0.25, 0.3) is 0 Å². The first-order valence-corrected chi connectivity index (χ1v) is 9.17. The molecule has 1 saturated heterocycles. The fourth-order valence-electron chi connectivity index (χ4n) is 2.97. The van der Waals surface area contributed by atoms with Crippen molar-refractivity contribution in [3.05, 3.63) is 58.1 Å². The molecule has 0 atom stereocenters. The summed E-state index contributed by atoms with van der Waals surface area (Å²) in [5.41, 5.74) is 1.72. The summed E-state index contributed by atoms with van der Waals surface area (Å²) in [4.78, 5) is 16.6. The van der Waals surface area contributed by atoms with Crippen molar-refractivity contribution in [1.29, 1.82) is 0 Å². The van der Waals surface area contributed by atoms with Crippen LogP contribution in [0.15, 0.2) is 42.5 Å². The van der Waals surface area contributed by atoms with Gasteiger partial charge in [0.05, 0.1) is 17.8 Å². The monoisotopic (exact) mass is 393 g/mol. The van der Waals surface area contributed by atoms with E-state index in [1.807, 2.05) is 18.2 Å². The number of hydrogen-bond acceptors (Lipinski definition) is 3. The molecule has 1 fully saturated rings. The Bertz CT molecular complexity index is 777. The first-order valence-electron chi connectivity index (χ1n) is 8.42. The minimum atomic E-state index is -0.147. The zero-order valence-corrected chi connectivity index (χ0v) is 16.1. The molecule has 0 aromatic heterocycles. The van der Waals surface area contributed by atoms with Gasteiger partial charge < -0.3 is 15.0 Å². The number of rotatable bonds is 4. The van der Waals surface area contributed by atoms with Gasteiger partial charge in [-0.3, -0.25) is 4.90 Å². The first-order chi connectivity index (χ1) is 12.6. The predicted molar refractivity (Wildman–Crippen MR) is 105 cm³/mol. The number of halogens is 2. The number of para-hydroxylation sites is 1. The quantitative estimate of drug-likeness (QED) is 0.839. The van der Waals surface area contributed by atoms with Crippen molar-refractivity contribution in [2.24, 2.45) is 0 Å². The van der Waals surface area contributed by atoms with Gasteiger partial charge in [-0.25, -0.2) is 4.79 Å². The highest BCUT2D eigenvalue weighted by atomic mass is 35.5. The topological polar surface area (TPSA) is 44.8 Å². The molecule has 0 bridgehead atoms. The van der Waals surface area contributed by atoms with Crippen molar-refractivity contribution >= 4 is 34.9 Å². The molecular weight excluding hydrogens is 373 g/mol. The third-order valence-corrected chi connectivity index (χ3v) is 4.97. The Morgan fingerprint density at radius 3 is 2.54 bits per heavy atom. The minimum Gasteiger partial charge on any atom is -0.496 e. The highest BCUT2D eigenvalue weighted by molar-refractivity contribution is 6.36. The molecule has 138 valence electrons. The zero-order valence-electron chi connectivity index (χ0n) is 14.5. The summed E-state index contributed by atoms with van der Waals surface area (Å²) < 4.78 is 5.41. The average molecular weight is 394 g/mol. The number of hydrogen-bond donors (Lipinski definition) is 1. The maximum Gasteiger partial charge on any atom is 0.321 e.